The first-order valence-corrected chi connectivity index (χ1v) is 19.8. The van der Waals surface area contributed by atoms with E-state index in [1.807, 2.05) is 74.5 Å². The van der Waals surface area contributed by atoms with Crippen molar-refractivity contribution in [1.82, 2.24) is 19.1 Å². The van der Waals surface area contributed by atoms with Gasteiger partial charge in [-0.05, 0) is 50.7 Å². The minimum Gasteiger partial charge on any atom is -0.386 e. The van der Waals surface area contributed by atoms with Crippen LogP contribution in [0.3, 0.4) is 0 Å². The number of hydrogen-bond acceptors (Lipinski definition) is 9. The van der Waals surface area contributed by atoms with Crippen molar-refractivity contribution in [3.63, 3.8) is 0 Å². The van der Waals surface area contributed by atoms with Gasteiger partial charge in [0.05, 0.1) is 30.5 Å². The predicted octanol–water partition coefficient (Wildman–Crippen LogP) is 5.81. The summed E-state index contributed by atoms with van der Waals surface area (Å²) in [5.41, 5.74) is -0.0620. The molecule has 0 bridgehead atoms. The molecule has 2 unspecified atom stereocenters. The largest absolute Gasteiger partial charge is 0.386 e. The summed E-state index contributed by atoms with van der Waals surface area (Å²) in [6.45, 7) is 14.5. The number of aromatic amines is 2. The number of ether oxygens (including phenoxy) is 4. The molecule has 0 radical (unpaired) electrons. The van der Waals surface area contributed by atoms with Gasteiger partial charge >= 0.3 is 11.4 Å². The summed E-state index contributed by atoms with van der Waals surface area (Å²) < 4.78 is 28.1. The van der Waals surface area contributed by atoms with Crippen LogP contribution >= 0.6 is 0 Å². The van der Waals surface area contributed by atoms with Gasteiger partial charge < -0.3 is 24.1 Å². The second-order valence-corrected chi connectivity index (χ2v) is 15.1. The van der Waals surface area contributed by atoms with Crippen LogP contribution in [-0.2, 0) is 32.2 Å². The van der Waals surface area contributed by atoms with Crippen molar-refractivity contribution in [2.24, 2.45) is 5.92 Å². The molecule has 304 valence electrons. The van der Waals surface area contributed by atoms with E-state index in [0.29, 0.717) is 37.2 Å². The quantitative estimate of drug-likeness (QED) is 0.143. The topological polar surface area (TPSA) is 167 Å². The summed E-state index contributed by atoms with van der Waals surface area (Å²) >= 11 is 0. The number of rotatable bonds is 14. The zero-order chi connectivity index (χ0) is 40.6. The highest BCUT2D eigenvalue weighted by Gasteiger charge is 2.55. The highest BCUT2D eigenvalue weighted by atomic mass is 16.6. The Morgan fingerprint density at radius 2 is 1.07 bits per heavy atom. The fourth-order valence-electron chi connectivity index (χ4n) is 8.21. The van der Waals surface area contributed by atoms with Crippen molar-refractivity contribution in [3.8, 4) is 0 Å². The Hall–Kier alpha value is -4.40. The molecule has 4 heterocycles. The van der Waals surface area contributed by atoms with Gasteiger partial charge in [-0.15, -0.1) is 0 Å². The molecule has 56 heavy (non-hydrogen) atoms. The Labute approximate surface area is 327 Å². The SMILES string of the molecule is CCC[C@]1(CC)O[C@@H](n2cc(C)c(=O)[nH]c2=O)[C@H](C)C1OCc1ccccc1.CCC[C@]1(CC)O[C@@H](n2cc(C)c(=O)[nH]c2=O)[C@H](O)C1OCc1ccccc1. The molecular weight excluding hydrogens is 716 g/mol. The van der Waals surface area contributed by atoms with E-state index in [1.165, 1.54) is 15.3 Å². The molecule has 0 amide bonds. The lowest BCUT2D eigenvalue weighted by Gasteiger charge is -2.34. The summed E-state index contributed by atoms with van der Waals surface area (Å²) in [6, 6.07) is 19.8. The lowest BCUT2D eigenvalue weighted by Crippen LogP contribution is -2.44. The average molecular weight is 775 g/mol. The van der Waals surface area contributed by atoms with E-state index in [0.717, 1.165) is 36.8 Å². The molecule has 2 aromatic carbocycles. The van der Waals surface area contributed by atoms with E-state index in [2.05, 4.69) is 30.7 Å². The number of H-pyrrole nitrogens is 2. The minimum absolute atomic E-state index is 0.0433. The van der Waals surface area contributed by atoms with Crippen molar-refractivity contribution in [2.45, 2.75) is 142 Å². The van der Waals surface area contributed by atoms with Crippen LogP contribution in [0.15, 0.2) is 92.2 Å². The maximum atomic E-state index is 12.5. The molecule has 2 fully saturated rings. The van der Waals surface area contributed by atoms with Crippen molar-refractivity contribution >= 4 is 0 Å². The minimum atomic E-state index is -1.04. The Morgan fingerprint density at radius 3 is 1.52 bits per heavy atom. The van der Waals surface area contributed by atoms with Crippen LogP contribution in [0.5, 0.6) is 0 Å². The third-order valence-electron chi connectivity index (χ3n) is 11.2. The van der Waals surface area contributed by atoms with Crippen LogP contribution in [0, 0.1) is 19.8 Å². The number of nitrogens with zero attached hydrogens (tertiary/aromatic N) is 2. The van der Waals surface area contributed by atoms with Gasteiger partial charge in [0, 0.05) is 29.4 Å². The van der Waals surface area contributed by atoms with E-state index >= 15 is 0 Å². The van der Waals surface area contributed by atoms with Crippen molar-refractivity contribution in [1.29, 1.82) is 0 Å². The maximum absolute atomic E-state index is 12.5. The smallest absolute Gasteiger partial charge is 0.330 e. The normalized spacial score (nSPS) is 27.2. The Bertz CT molecular complexity index is 1960. The van der Waals surface area contributed by atoms with Gasteiger partial charge in [0.25, 0.3) is 11.1 Å². The number of aromatic nitrogens is 4. The zero-order valence-electron chi connectivity index (χ0n) is 33.7. The van der Waals surface area contributed by atoms with Gasteiger partial charge in [-0.1, -0.05) is 108 Å². The van der Waals surface area contributed by atoms with E-state index < -0.39 is 52.8 Å². The van der Waals surface area contributed by atoms with E-state index in [4.69, 9.17) is 18.9 Å². The zero-order valence-corrected chi connectivity index (χ0v) is 33.7. The first-order chi connectivity index (χ1) is 26.8. The van der Waals surface area contributed by atoms with Crippen LogP contribution in [0.25, 0.3) is 0 Å². The fraction of sp³-hybridized carbons (Fsp3) is 0.535. The van der Waals surface area contributed by atoms with E-state index in [1.54, 1.807) is 20.0 Å². The van der Waals surface area contributed by atoms with Crippen LogP contribution in [-0.4, -0.2) is 53.7 Å². The molecule has 0 saturated carbocycles. The number of aliphatic hydroxyl groups excluding tert-OH is 1. The maximum Gasteiger partial charge on any atom is 0.330 e. The highest BCUT2D eigenvalue weighted by molar-refractivity contribution is 5.15. The molecule has 2 aliphatic rings. The first kappa shape index (κ1) is 42.7. The summed E-state index contributed by atoms with van der Waals surface area (Å²) in [5.74, 6) is -0.0433. The van der Waals surface area contributed by atoms with Gasteiger partial charge in [0.15, 0.2) is 6.23 Å². The second kappa shape index (κ2) is 18.7. The highest BCUT2D eigenvalue weighted by Crippen LogP contribution is 2.47. The Morgan fingerprint density at radius 1 is 0.661 bits per heavy atom. The third-order valence-corrected chi connectivity index (χ3v) is 11.2. The molecule has 3 N–H and O–H groups in total. The second-order valence-electron chi connectivity index (χ2n) is 15.1. The molecule has 8 atom stereocenters. The van der Waals surface area contributed by atoms with Crippen molar-refractivity contribution in [2.75, 3.05) is 0 Å². The summed E-state index contributed by atoms with van der Waals surface area (Å²) in [4.78, 5) is 52.9. The number of hydrogen-bond donors (Lipinski definition) is 3. The fourth-order valence-corrected chi connectivity index (χ4v) is 8.21. The third kappa shape index (κ3) is 9.08. The molecule has 6 rings (SSSR count). The van der Waals surface area contributed by atoms with Gasteiger partial charge in [-0.3, -0.25) is 28.7 Å². The number of benzene rings is 2. The summed E-state index contributed by atoms with van der Waals surface area (Å²) in [5, 5.41) is 11.1. The van der Waals surface area contributed by atoms with Crippen LogP contribution in [0.2, 0.25) is 0 Å². The lowest BCUT2D eigenvalue weighted by atomic mass is 9.84. The Balaban J connectivity index is 0.000000214. The molecular formula is C43H58N4O9. The van der Waals surface area contributed by atoms with Crippen LogP contribution in [0.1, 0.15) is 108 Å². The lowest BCUT2D eigenvalue weighted by molar-refractivity contribution is -0.128. The first-order valence-electron chi connectivity index (χ1n) is 19.8. The molecule has 0 spiro atoms. The number of aryl methyl sites for hydroxylation is 2. The summed E-state index contributed by atoms with van der Waals surface area (Å²) in [7, 11) is 0. The molecule has 0 aliphatic carbocycles. The van der Waals surface area contributed by atoms with Gasteiger partial charge in [-0.25, -0.2) is 9.59 Å². The van der Waals surface area contributed by atoms with E-state index in [9.17, 15) is 24.3 Å². The summed E-state index contributed by atoms with van der Waals surface area (Å²) in [6.07, 6.45) is 4.59. The number of aliphatic hydroxyl groups is 1. The van der Waals surface area contributed by atoms with Gasteiger partial charge in [0.2, 0.25) is 0 Å². The molecule has 2 saturated heterocycles. The van der Waals surface area contributed by atoms with E-state index in [-0.39, 0.29) is 17.6 Å². The van der Waals surface area contributed by atoms with Crippen LogP contribution < -0.4 is 22.5 Å². The standard InChI is InChI=1S/C22H30N2O4.C21H28N2O5/c1-5-12-22(6-2)18(27-14-17-10-8-7-9-11-17)16(4)20(28-22)24-13-15(3)19(25)23-21(24)26;1-4-11-21(5-2)17(27-13-15-9-7-6-8-10-15)16(24)19(28-21)23-12-14(3)18(25)22-20(23)26/h7-11,13,16,18,20H,5-6,12,14H2,1-4H3,(H,23,25,26);6-10,12,16-17,19,24H,4-5,11,13H2,1-3H3,(H,22,25,26)/t16-,18?,20-,22+;16-,17?,19-,21+/m11/s1. The predicted molar refractivity (Wildman–Crippen MR) is 213 cm³/mol. The van der Waals surface area contributed by atoms with Gasteiger partial charge in [0.1, 0.15) is 18.4 Å². The van der Waals surface area contributed by atoms with Crippen molar-refractivity contribution in [3.05, 3.63) is 137 Å². The van der Waals surface area contributed by atoms with Gasteiger partial charge in [-0.2, -0.15) is 0 Å². The average Bonchev–Trinajstić information content (AvgIpc) is 3.63. The molecule has 2 aliphatic heterocycles. The molecule has 4 aromatic rings. The van der Waals surface area contributed by atoms with Crippen LogP contribution in [0.4, 0.5) is 0 Å². The Kier molecular flexibility index (Phi) is 14.3. The number of nitrogens with one attached hydrogen (secondary N) is 2. The van der Waals surface area contributed by atoms with Crippen molar-refractivity contribution < 1.29 is 24.1 Å². The molecule has 2 aromatic heterocycles. The molecule has 13 nitrogen and oxygen atoms in total. The molecule has 13 heteroatoms. The monoisotopic (exact) mass is 774 g/mol.